The van der Waals surface area contributed by atoms with Crippen molar-refractivity contribution in [2.24, 2.45) is 0 Å². The lowest BCUT2D eigenvalue weighted by Gasteiger charge is -2.11. The fourth-order valence-corrected chi connectivity index (χ4v) is 2.29. The van der Waals surface area contributed by atoms with Gasteiger partial charge in [0.05, 0.1) is 11.6 Å². The number of nitrogens with zero attached hydrogens (tertiary/aromatic N) is 1. The number of halogens is 1. The molecule has 2 N–H and O–H groups in total. The summed E-state index contributed by atoms with van der Waals surface area (Å²) >= 11 is 8.48. The van der Waals surface area contributed by atoms with Gasteiger partial charge in [-0.1, -0.05) is 15.9 Å². The number of anilines is 1. The third-order valence-electron chi connectivity index (χ3n) is 3.02. The van der Waals surface area contributed by atoms with Gasteiger partial charge in [-0.15, -0.1) is 0 Å². The van der Waals surface area contributed by atoms with Crippen LogP contribution in [0.2, 0.25) is 0 Å². The average Bonchev–Trinajstić information content (AvgIpc) is 2.56. The van der Waals surface area contributed by atoms with E-state index in [9.17, 15) is 4.79 Å². The van der Waals surface area contributed by atoms with Gasteiger partial charge in [0.2, 0.25) is 0 Å². The van der Waals surface area contributed by atoms with Crippen molar-refractivity contribution in [1.82, 2.24) is 5.32 Å². The fourth-order valence-electron chi connectivity index (χ4n) is 1.81. The number of aryl methyl sites for hydroxylation is 1. The van der Waals surface area contributed by atoms with E-state index < -0.39 is 0 Å². The lowest BCUT2D eigenvalue weighted by atomic mass is 10.2. The van der Waals surface area contributed by atoms with Crippen LogP contribution in [0.25, 0.3) is 0 Å². The Morgan fingerprint density at radius 1 is 1.29 bits per heavy atom. The number of benzene rings is 2. The molecule has 0 heterocycles. The minimum Gasteiger partial charge on any atom is -0.484 e. The zero-order chi connectivity index (χ0) is 17.5. The second kappa shape index (κ2) is 8.43. The predicted octanol–water partition coefficient (Wildman–Crippen LogP) is 3.52. The molecule has 24 heavy (non-hydrogen) atoms. The van der Waals surface area contributed by atoms with Crippen LogP contribution >= 0.6 is 28.1 Å². The molecule has 1 amide bonds. The molecule has 2 aromatic rings. The summed E-state index contributed by atoms with van der Waals surface area (Å²) in [6.45, 7) is 1.80. The average molecular weight is 404 g/mol. The minimum atomic E-state index is -0.360. The summed E-state index contributed by atoms with van der Waals surface area (Å²) in [5, 5.41) is 14.3. The molecule has 2 aromatic carbocycles. The third kappa shape index (κ3) is 5.33. The predicted molar refractivity (Wildman–Crippen MR) is 99.9 cm³/mol. The first kappa shape index (κ1) is 17.9. The van der Waals surface area contributed by atoms with E-state index in [1.165, 1.54) is 0 Å². The van der Waals surface area contributed by atoms with Crippen molar-refractivity contribution in [3.63, 3.8) is 0 Å². The van der Waals surface area contributed by atoms with Crippen LogP contribution in [0.15, 0.2) is 46.9 Å². The molecule has 0 aliphatic rings. The number of thiocarbonyl (C=S) groups is 1. The van der Waals surface area contributed by atoms with Gasteiger partial charge in [0.1, 0.15) is 5.75 Å². The Hall–Kier alpha value is -2.43. The first-order chi connectivity index (χ1) is 11.5. The Kier molecular flexibility index (Phi) is 6.29. The normalized spacial score (nSPS) is 9.71. The van der Waals surface area contributed by atoms with Crippen LogP contribution in [0.3, 0.4) is 0 Å². The van der Waals surface area contributed by atoms with Crippen molar-refractivity contribution in [2.75, 3.05) is 11.9 Å². The third-order valence-corrected chi connectivity index (χ3v) is 4.12. The molecule has 0 radical (unpaired) electrons. The first-order valence-corrected chi connectivity index (χ1v) is 8.18. The largest absolute Gasteiger partial charge is 0.484 e. The van der Waals surface area contributed by atoms with E-state index in [0.717, 1.165) is 10.0 Å². The highest BCUT2D eigenvalue weighted by molar-refractivity contribution is 9.10. The van der Waals surface area contributed by atoms with Gasteiger partial charge < -0.3 is 10.1 Å². The summed E-state index contributed by atoms with van der Waals surface area (Å²) in [5.41, 5.74) is 2.25. The van der Waals surface area contributed by atoms with E-state index in [1.54, 1.807) is 30.3 Å². The smallest absolute Gasteiger partial charge is 0.264 e. The molecular formula is C17H14BrN3O2S. The lowest BCUT2D eigenvalue weighted by molar-refractivity contribution is -0.121. The fraction of sp³-hybridized carbons (Fsp3) is 0.118. The molecule has 5 nitrogen and oxygen atoms in total. The highest BCUT2D eigenvalue weighted by Crippen LogP contribution is 2.21. The Labute approximate surface area is 153 Å². The molecule has 2 rings (SSSR count). The molecular weight excluding hydrogens is 390 g/mol. The van der Waals surface area contributed by atoms with Gasteiger partial charge in [-0.05, 0) is 67.2 Å². The van der Waals surface area contributed by atoms with Gasteiger partial charge in [-0.25, -0.2) is 0 Å². The molecule has 0 saturated carbocycles. The van der Waals surface area contributed by atoms with Crippen LogP contribution in [0, 0.1) is 18.3 Å². The Morgan fingerprint density at radius 3 is 2.62 bits per heavy atom. The highest BCUT2D eigenvalue weighted by atomic mass is 79.9. The molecule has 0 fully saturated rings. The van der Waals surface area contributed by atoms with Crippen LogP contribution in [0.5, 0.6) is 5.75 Å². The van der Waals surface area contributed by atoms with E-state index in [1.807, 2.05) is 25.1 Å². The maximum Gasteiger partial charge on any atom is 0.264 e. The number of rotatable bonds is 4. The monoisotopic (exact) mass is 403 g/mol. The molecule has 0 bridgehead atoms. The summed E-state index contributed by atoms with van der Waals surface area (Å²) in [5.74, 6) is 0.249. The van der Waals surface area contributed by atoms with Crippen molar-refractivity contribution in [2.45, 2.75) is 6.92 Å². The molecule has 0 saturated heterocycles. The van der Waals surface area contributed by atoms with Gasteiger partial charge >= 0.3 is 0 Å². The number of nitriles is 1. The van der Waals surface area contributed by atoms with E-state index in [-0.39, 0.29) is 17.6 Å². The van der Waals surface area contributed by atoms with Crippen molar-refractivity contribution in [3.05, 3.63) is 58.1 Å². The Bertz CT molecular complexity index is 800. The molecule has 0 aliphatic heterocycles. The van der Waals surface area contributed by atoms with Crippen LogP contribution in [-0.4, -0.2) is 17.6 Å². The van der Waals surface area contributed by atoms with E-state index in [4.69, 9.17) is 22.2 Å². The van der Waals surface area contributed by atoms with E-state index >= 15 is 0 Å². The van der Waals surface area contributed by atoms with Gasteiger partial charge in [-0.3, -0.25) is 10.1 Å². The number of hydrogen-bond acceptors (Lipinski definition) is 4. The van der Waals surface area contributed by atoms with Gasteiger partial charge in [0.25, 0.3) is 5.91 Å². The molecule has 0 atom stereocenters. The minimum absolute atomic E-state index is 0.143. The number of amides is 1. The topological polar surface area (TPSA) is 74.2 Å². The van der Waals surface area contributed by atoms with Gasteiger partial charge in [0, 0.05) is 10.2 Å². The van der Waals surface area contributed by atoms with Gasteiger partial charge in [-0.2, -0.15) is 5.26 Å². The number of hydrogen-bond donors (Lipinski definition) is 2. The van der Waals surface area contributed by atoms with Crippen LogP contribution < -0.4 is 15.4 Å². The highest BCUT2D eigenvalue weighted by Gasteiger charge is 2.07. The molecule has 0 aliphatic carbocycles. The quantitative estimate of drug-likeness (QED) is 0.763. The number of nitrogens with one attached hydrogen (secondary N) is 2. The van der Waals surface area contributed by atoms with Gasteiger partial charge in [0.15, 0.2) is 11.7 Å². The standard InChI is InChI=1S/C17H14BrN3O2S/c1-11-8-14(6-7-15(11)18)23-10-16(22)21-17(24)20-13-4-2-12(9-19)3-5-13/h2-8H,10H2,1H3,(H2,20,21,22,24). The maximum absolute atomic E-state index is 11.9. The summed E-state index contributed by atoms with van der Waals surface area (Å²) in [6, 6.07) is 14.2. The van der Waals surface area contributed by atoms with Crippen molar-refractivity contribution < 1.29 is 9.53 Å². The summed E-state index contributed by atoms with van der Waals surface area (Å²) in [4.78, 5) is 11.9. The molecule has 7 heteroatoms. The number of carbonyl (C=O) groups excluding carboxylic acids is 1. The second-order valence-corrected chi connectivity index (χ2v) is 6.15. The van der Waals surface area contributed by atoms with Crippen molar-refractivity contribution in [3.8, 4) is 11.8 Å². The molecule has 0 spiro atoms. The van der Waals surface area contributed by atoms with Crippen LogP contribution in [0.4, 0.5) is 5.69 Å². The van der Waals surface area contributed by atoms with E-state index in [2.05, 4.69) is 26.6 Å². The SMILES string of the molecule is Cc1cc(OCC(=O)NC(=S)Nc2ccc(C#N)cc2)ccc1Br. The lowest BCUT2D eigenvalue weighted by Crippen LogP contribution is -2.37. The summed E-state index contributed by atoms with van der Waals surface area (Å²) in [7, 11) is 0. The number of carbonyl (C=O) groups is 1. The van der Waals surface area contributed by atoms with Crippen LogP contribution in [-0.2, 0) is 4.79 Å². The van der Waals surface area contributed by atoms with Crippen molar-refractivity contribution in [1.29, 1.82) is 5.26 Å². The van der Waals surface area contributed by atoms with Crippen LogP contribution in [0.1, 0.15) is 11.1 Å². The molecule has 0 unspecified atom stereocenters. The molecule has 0 aromatic heterocycles. The Morgan fingerprint density at radius 2 is 2.00 bits per heavy atom. The summed E-state index contributed by atoms with van der Waals surface area (Å²) in [6.07, 6.45) is 0. The summed E-state index contributed by atoms with van der Waals surface area (Å²) < 4.78 is 6.41. The Balaban J connectivity index is 1.81. The number of ether oxygens (including phenoxy) is 1. The zero-order valence-corrected chi connectivity index (χ0v) is 15.2. The maximum atomic E-state index is 11.9. The zero-order valence-electron chi connectivity index (χ0n) is 12.8. The first-order valence-electron chi connectivity index (χ1n) is 6.98. The second-order valence-electron chi connectivity index (χ2n) is 4.89. The molecule has 122 valence electrons. The van der Waals surface area contributed by atoms with Crippen molar-refractivity contribution >= 4 is 44.9 Å². The van der Waals surface area contributed by atoms with E-state index in [0.29, 0.717) is 17.0 Å².